The Balaban J connectivity index is 1.35. The van der Waals surface area contributed by atoms with Crippen molar-refractivity contribution in [3.8, 4) is 0 Å². The molecule has 4 aromatic rings. The van der Waals surface area contributed by atoms with Crippen LogP contribution in [0.3, 0.4) is 0 Å². The van der Waals surface area contributed by atoms with Crippen molar-refractivity contribution >= 4 is 5.91 Å². The highest BCUT2D eigenvalue weighted by molar-refractivity contribution is 5.94. The molecule has 1 amide bonds. The van der Waals surface area contributed by atoms with E-state index in [0.29, 0.717) is 32.0 Å². The van der Waals surface area contributed by atoms with Crippen molar-refractivity contribution in [2.24, 2.45) is 0 Å². The van der Waals surface area contributed by atoms with Gasteiger partial charge in [0, 0.05) is 5.56 Å². The lowest BCUT2D eigenvalue weighted by molar-refractivity contribution is -0.207. The van der Waals surface area contributed by atoms with Crippen molar-refractivity contribution in [1.82, 2.24) is 5.32 Å². The maximum Gasteiger partial charge on any atom is 0.251 e. The van der Waals surface area contributed by atoms with E-state index in [2.05, 4.69) is 5.32 Å². The molecule has 6 heteroatoms. The second-order valence-electron chi connectivity index (χ2n) is 9.84. The van der Waals surface area contributed by atoms with E-state index < -0.39 is 18.2 Å². The third-order valence-corrected chi connectivity index (χ3v) is 6.89. The molecule has 6 nitrogen and oxygen atoms in total. The minimum atomic E-state index is -0.477. The lowest BCUT2D eigenvalue weighted by Crippen LogP contribution is -2.61. The van der Waals surface area contributed by atoms with Gasteiger partial charge in [0.05, 0.1) is 39.1 Å². The zero-order valence-electron chi connectivity index (χ0n) is 22.4. The maximum absolute atomic E-state index is 13.1. The van der Waals surface area contributed by atoms with Crippen molar-refractivity contribution in [3.05, 3.63) is 144 Å². The summed E-state index contributed by atoms with van der Waals surface area (Å²) in [6.07, 6.45) is -1.32. The molecule has 1 fully saturated rings. The zero-order valence-corrected chi connectivity index (χ0v) is 22.4. The highest BCUT2D eigenvalue weighted by atomic mass is 16.6. The van der Waals surface area contributed by atoms with Crippen LogP contribution in [-0.2, 0) is 38.8 Å². The molecule has 4 aromatic carbocycles. The summed E-state index contributed by atoms with van der Waals surface area (Å²) in [6.45, 7) is 1.85. The molecule has 0 bridgehead atoms. The molecule has 1 saturated heterocycles. The summed E-state index contributed by atoms with van der Waals surface area (Å²) in [7, 11) is 0. The van der Waals surface area contributed by atoms with Crippen molar-refractivity contribution < 1.29 is 23.7 Å². The summed E-state index contributed by atoms with van der Waals surface area (Å²) < 4.78 is 25.5. The van der Waals surface area contributed by atoms with Gasteiger partial charge in [0.1, 0.15) is 18.3 Å². The van der Waals surface area contributed by atoms with Gasteiger partial charge in [0.2, 0.25) is 0 Å². The first-order valence-electron chi connectivity index (χ1n) is 13.7. The molecule has 40 heavy (non-hydrogen) atoms. The van der Waals surface area contributed by atoms with Gasteiger partial charge in [0.25, 0.3) is 5.91 Å². The van der Waals surface area contributed by atoms with Crippen LogP contribution in [0.4, 0.5) is 0 Å². The van der Waals surface area contributed by atoms with Crippen LogP contribution in [0.2, 0.25) is 0 Å². The standard InChI is InChI=1S/C34H35NO5/c36-34(29-19-11-4-12-20-29)35-30-24-38-31(25-37-21-26-13-5-1-6-14-26)33(40-23-28-17-9-3-10-18-28)32(30)39-22-27-15-7-2-8-16-27/h1-20,30-33H,21-25H2,(H,35,36)/t30-,31+,32+,33-/m0/s1. The predicted octanol–water partition coefficient (Wildman–Crippen LogP) is 5.57. The van der Waals surface area contributed by atoms with Gasteiger partial charge in [-0.05, 0) is 28.8 Å². The van der Waals surface area contributed by atoms with Crippen LogP contribution in [0, 0.1) is 0 Å². The molecule has 5 rings (SSSR count). The predicted molar refractivity (Wildman–Crippen MR) is 154 cm³/mol. The number of nitrogens with one attached hydrogen (secondary N) is 1. The molecule has 0 spiro atoms. The van der Waals surface area contributed by atoms with Gasteiger partial charge >= 0.3 is 0 Å². The zero-order chi connectivity index (χ0) is 27.4. The van der Waals surface area contributed by atoms with E-state index in [1.165, 1.54) is 0 Å². The fraction of sp³-hybridized carbons (Fsp3) is 0.265. The van der Waals surface area contributed by atoms with E-state index >= 15 is 0 Å². The highest BCUT2D eigenvalue weighted by Crippen LogP contribution is 2.25. The summed E-state index contributed by atoms with van der Waals surface area (Å²) in [6, 6.07) is 38.8. The van der Waals surface area contributed by atoms with Gasteiger partial charge in [-0.1, -0.05) is 109 Å². The first kappa shape index (κ1) is 27.7. The first-order chi connectivity index (χ1) is 19.8. The minimum absolute atomic E-state index is 0.178. The normalized spacial score (nSPS) is 20.6. The van der Waals surface area contributed by atoms with Crippen LogP contribution in [0.1, 0.15) is 27.0 Å². The van der Waals surface area contributed by atoms with E-state index in [-0.39, 0.29) is 18.6 Å². The smallest absolute Gasteiger partial charge is 0.251 e. The average Bonchev–Trinajstić information content (AvgIpc) is 3.02. The average molecular weight is 538 g/mol. The first-order valence-corrected chi connectivity index (χ1v) is 13.7. The Morgan fingerprint density at radius 1 is 0.650 bits per heavy atom. The third kappa shape index (κ3) is 7.87. The SMILES string of the molecule is O=C(N[C@H]1CO[C@H](COCc2ccccc2)[C@H](OCc2ccccc2)[C@@H]1OCc1ccccc1)c1ccccc1. The molecule has 4 atom stereocenters. The Morgan fingerprint density at radius 2 is 1.12 bits per heavy atom. The van der Waals surface area contributed by atoms with Crippen LogP contribution in [0.15, 0.2) is 121 Å². The van der Waals surface area contributed by atoms with Gasteiger partial charge < -0.3 is 24.3 Å². The highest BCUT2D eigenvalue weighted by Gasteiger charge is 2.43. The number of carbonyl (C=O) groups is 1. The Kier molecular flexibility index (Phi) is 10.1. The maximum atomic E-state index is 13.1. The molecule has 0 radical (unpaired) electrons. The van der Waals surface area contributed by atoms with E-state index in [4.69, 9.17) is 18.9 Å². The van der Waals surface area contributed by atoms with Crippen LogP contribution in [-0.4, -0.2) is 43.5 Å². The Hall–Kier alpha value is -3.81. The molecule has 0 aromatic heterocycles. The molecule has 0 saturated carbocycles. The molecular weight excluding hydrogens is 502 g/mol. The number of ether oxygens (including phenoxy) is 4. The van der Waals surface area contributed by atoms with Gasteiger partial charge in [0.15, 0.2) is 0 Å². The fourth-order valence-corrected chi connectivity index (χ4v) is 4.78. The molecule has 1 aliphatic rings. The summed E-state index contributed by atoms with van der Waals surface area (Å²) in [5.74, 6) is -0.178. The quantitative estimate of drug-likeness (QED) is 0.256. The van der Waals surface area contributed by atoms with Gasteiger partial charge in [-0.15, -0.1) is 0 Å². The van der Waals surface area contributed by atoms with Crippen molar-refractivity contribution in [3.63, 3.8) is 0 Å². The molecular formula is C34H35NO5. The minimum Gasteiger partial charge on any atom is -0.374 e. The Bertz CT molecular complexity index is 1290. The van der Waals surface area contributed by atoms with Gasteiger partial charge in [-0.3, -0.25) is 4.79 Å². The largest absolute Gasteiger partial charge is 0.374 e. The second kappa shape index (κ2) is 14.5. The van der Waals surface area contributed by atoms with Crippen LogP contribution in [0.5, 0.6) is 0 Å². The van der Waals surface area contributed by atoms with Crippen LogP contribution >= 0.6 is 0 Å². The molecule has 1 N–H and O–H groups in total. The van der Waals surface area contributed by atoms with E-state index in [0.717, 1.165) is 16.7 Å². The third-order valence-electron chi connectivity index (χ3n) is 6.89. The summed E-state index contributed by atoms with van der Waals surface area (Å²) >= 11 is 0. The molecule has 1 heterocycles. The molecule has 1 aliphatic heterocycles. The van der Waals surface area contributed by atoms with E-state index in [9.17, 15) is 4.79 Å². The van der Waals surface area contributed by atoms with Gasteiger partial charge in [-0.2, -0.15) is 0 Å². The lowest BCUT2D eigenvalue weighted by Gasteiger charge is -2.42. The van der Waals surface area contributed by atoms with Crippen LogP contribution < -0.4 is 5.32 Å². The van der Waals surface area contributed by atoms with Crippen molar-refractivity contribution in [2.45, 2.75) is 44.2 Å². The number of hydrogen-bond donors (Lipinski definition) is 1. The summed E-state index contributed by atoms with van der Waals surface area (Å²) in [5, 5.41) is 3.14. The van der Waals surface area contributed by atoms with Crippen LogP contribution in [0.25, 0.3) is 0 Å². The number of hydrogen-bond acceptors (Lipinski definition) is 5. The topological polar surface area (TPSA) is 66.0 Å². The lowest BCUT2D eigenvalue weighted by atomic mass is 9.97. The van der Waals surface area contributed by atoms with Crippen molar-refractivity contribution in [1.29, 1.82) is 0 Å². The molecule has 0 aliphatic carbocycles. The van der Waals surface area contributed by atoms with E-state index in [1.54, 1.807) is 12.1 Å². The fourth-order valence-electron chi connectivity index (χ4n) is 4.78. The van der Waals surface area contributed by atoms with Gasteiger partial charge in [-0.25, -0.2) is 0 Å². The molecule has 0 unspecified atom stereocenters. The number of amides is 1. The van der Waals surface area contributed by atoms with E-state index in [1.807, 2.05) is 109 Å². The second-order valence-corrected chi connectivity index (χ2v) is 9.84. The monoisotopic (exact) mass is 537 g/mol. The number of carbonyl (C=O) groups excluding carboxylic acids is 1. The Morgan fingerprint density at radius 3 is 1.68 bits per heavy atom. The number of benzene rings is 4. The van der Waals surface area contributed by atoms with Crippen molar-refractivity contribution in [2.75, 3.05) is 13.2 Å². The summed E-state index contributed by atoms with van der Waals surface area (Å²) in [5.41, 5.74) is 3.76. The number of rotatable bonds is 12. The summed E-state index contributed by atoms with van der Waals surface area (Å²) in [4.78, 5) is 13.1. The molecule has 206 valence electrons. The Labute approximate surface area is 235 Å².